The van der Waals surface area contributed by atoms with Crippen LogP contribution in [0, 0.1) is 0 Å². The monoisotopic (exact) mass is 338 g/mol. The molecular formula is C18H18N4OS. The lowest BCUT2D eigenvalue weighted by Crippen LogP contribution is -2.30. The maximum Gasteiger partial charge on any atom is 0.320 e. The minimum absolute atomic E-state index is 0.190. The van der Waals surface area contributed by atoms with Crippen LogP contribution in [0.1, 0.15) is 29.2 Å². The van der Waals surface area contributed by atoms with E-state index in [0.29, 0.717) is 12.5 Å². The summed E-state index contributed by atoms with van der Waals surface area (Å²) in [7, 11) is 0. The second kappa shape index (κ2) is 6.57. The summed E-state index contributed by atoms with van der Waals surface area (Å²) in [6, 6.07) is 9.98. The minimum Gasteiger partial charge on any atom is -0.337 e. The van der Waals surface area contributed by atoms with E-state index in [-0.39, 0.29) is 6.03 Å². The molecule has 1 saturated carbocycles. The number of pyridine rings is 1. The van der Waals surface area contributed by atoms with Crippen molar-refractivity contribution < 1.29 is 4.79 Å². The molecule has 0 spiro atoms. The number of fused-ring (bicyclic) bond motifs is 1. The van der Waals surface area contributed by atoms with Gasteiger partial charge in [0, 0.05) is 18.1 Å². The number of aromatic nitrogens is 2. The van der Waals surface area contributed by atoms with Crippen LogP contribution < -0.4 is 10.6 Å². The Morgan fingerprint density at radius 1 is 1.25 bits per heavy atom. The molecule has 3 aromatic rings. The Bertz CT molecular complexity index is 872. The smallest absolute Gasteiger partial charge is 0.320 e. The first-order chi connectivity index (χ1) is 11.8. The number of rotatable bonds is 5. The van der Waals surface area contributed by atoms with Gasteiger partial charge < -0.3 is 5.32 Å². The maximum atomic E-state index is 12.0. The number of hydrogen-bond donors (Lipinski definition) is 2. The fourth-order valence-corrected chi connectivity index (χ4v) is 3.65. The quantitative estimate of drug-likeness (QED) is 0.740. The Labute approximate surface area is 144 Å². The van der Waals surface area contributed by atoms with E-state index in [0.717, 1.165) is 23.1 Å². The SMILES string of the molecule is O=C(NCCc1ccc2ncccc2c1)Nc1ncsc1C1CC1. The molecule has 0 atom stereocenters. The number of hydrogen-bond acceptors (Lipinski definition) is 4. The number of nitrogens with zero attached hydrogens (tertiary/aromatic N) is 2. The molecule has 1 aliphatic carbocycles. The van der Waals surface area contributed by atoms with E-state index >= 15 is 0 Å². The highest BCUT2D eigenvalue weighted by Crippen LogP contribution is 2.45. The highest BCUT2D eigenvalue weighted by atomic mass is 32.1. The Morgan fingerprint density at radius 3 is 3.04 bits per heavy atom. The van der Waals surface area contributed by atoms with Gasteiger partial charge in [0.2, 0.25) is 0 Å². The summed E-state index contributed by atoms with van der Waals surface area (Å²) >= 11 is 1.62. The summed E-state index contributed by atoms with van der Waals surface area (Å²) in [5, 5.41) is 6.89. The van der Waals surface area contributed by atoms with Crippen molar-refractivity contribution in [2.75, 3.05) is 11.9 Å². The van der Waals surface area contributed by atoms with Gasteiger partial charge in [0.1, 0.15) is 5.82 Å². The molecule has 1 fully saturated rings. The van der Waals surface area contributed by atoms with Crippen molar-refractivity contribution in [3.63, 3.8) is 0 Å². The molecule has 5 nitrogen and oxygen atoms in total. The number of carbonyl (C=O) groups excluding carboxylic acids is 1. The van der Waals surface area contributed by atoms with Crippen molar-refractivity contribution in [3.8, 4) is 0 Å². The molecule has 4 rings (SSSR count). The summed E-state index contributed by atoms with van der Waals surface area (Å²) in [4.78, 5) is 21.8. The zero-order valence-electron chi connectivity index (χ0n) is 13.2. The van der Waals surface area contributed by atoms with Crippen molar-refractivity contribution in [1.29, 1.82) is 0 Å². The molecule has 0 saturated heterocycles. The molecule has 2 aromatic heterocycles. The molecule has 0 bridgehead atoms. The third-order valence-electron chi connectivity index (χ3n) is 4.14. The summed E-state index contributed by atoms with van der Waals surface area (Å²) in [6.45, 7) is 0.584. The zero-order chi connectivity index (χ0) is 16.4. The van der Waals surface area contributed by atoms with Gasteiger partial charge in [-0.1, -0.05) is 12.1 Å². The van der Waals surface area contributed by atoms with Crippen LogP contribution in [-0.2, 0) is 6.42 Å². The molecule has 122 valence electrons. The van der Waals surface area contributed by atoms with Gasteiger partial charge in [-0.25, -0.2) is 9.78 Å². The van der Waals surface area contributed by atoms with Crippen LogP contribution in [-0.4, -0.2) is 22.5 Å². The topological polar surface area (TPSA) is 66.9 Å². The summed E-state index contributed by atoms with van der Waals surface area (Å²) in [6.07, 6.45) is 4.98. The van der Waals surface area contributed by atoms with E-state index in [1.165, 1.54) is 23.3 Å². The fraction of sp³-hybridized carbons (Fsp3) is 0.278. The number of carbonyl (C=O) groups is 1. The first-order valence-electron chi connectivity index (χ1n) is 8.11. The normalized spacial score (nSPS) is 13.8. The van der Waals surface area contributed by atoms with Crippen LogP contribution in [0.5, 0.6) is 0 Å². The summed E-state index contributed by atoms with van der Waals surface area (Å²) < 4.78 is 0. The van der Waals surface area contributed by atoms with Crippen molar-refractivity contribution in [1.82, 2.24) is 15.3 Å². The molecule has 24 heavy (non-hydrogen) atoms. The predicted octanol–water partition coefficient (Wildman–Crippen LogP) is 3.93. The lowest BCUT2D eigenvalue weighted by molar-refractivity contribution is 0.252. The van der Waals surface area contributed by atoms with Crippen LogP contribution >= 0.6 is 11.3 Å². The number of nitrogens with one attached hydrogen (secondary N) is 2. The van der Waals surface area contributed by atoms with Crippen LogP contribution in [0.4, 0.5) is 10.6 Å². The molecule has 1 aliphatic rings. The average molecular weight is 338 g/mol. The third-order valence-corrected chi connectivity index (χ3v) is 5.13. The number of amides is 2. The van der Waals surface area contributed by atoms with E-state index in [1.54, 1.807) is 23.0 Å². The van der Waals surface area contributed by atoms with Gasteiger partial charge >= 0.3 is 6.03 Å². The van der Waals surface area contributed by atoms with E-state index in [2.05, 4.69) is 32.7 Å². The van der Waals surface area contributed by atoms with Crippen molar-refractivity contribution in [2.45, 2.75) is 25.2 Å². The van der Waals surface area contributed by atoms with Crippen LogP contribution in [0.15, 0.2) is 42.0 Å². The molecule has 6 heteroatoms. The molecule has 0 aliphatic heterocycles. The van der Waals surface area contributed by atoms with E-state index in [9.17, 15) is 4.79 Å². The van der Waals surface area contributed by atoms with Gasteiger partial charge in [-0.2, -0.15) is 0 Å². The van der Waals surface area contributed by atoms with Gasteiger partial charge in [0.25, 0.3) is 0 Å². The fourth-order valence-electron chi connectivity index (χ4n) is 2.74. The van der Waals surface area contributed by atoms with Crippen molar-refractivity contribution >= 4 is 34.1 Å². The van der Waals surface area contributed by atoms with Crippen LogP contribution in [0.25, 0.3) is 10.9 Å². The number of thiazole rings is 1. The van der Waals surface area contributed by atoms with E-state index in [1.807, 2.05) is 18.2 Å². The first-order valence-corrected chi connectivity index (χ1v) is 8.99. The summed E-state index contributed by atoms with van der Waals surface area (Å²) in [5.41, 5.74) is 3.97. The molecular weight excluding hydrogens is 320 g/mol. The lowest BCUT2D eigenvalue weighted by Gasteiger charge is -2.08. The Morgan fingerprint density at radius 2 is 2.17 bits per heavy atom. The molecule has 2 N–H and O–H groups in total. The molecule has 1 aromatic carbocycles. The maximum absolute atomic E-state index is 12.0. The third kappa shape index (κ3) is 3.38. The molecule has 0 unspecified atom stereocenters. The minimum atomic E-state index is -0.190. The molecule has 0 radical (unpaired) electrons. The van der Waals surface area contributed by atoms with Gasteiger partial charge in [-0.15, -0.1) is 11.3 Å². The van der Waals surface area contributed by atoms with Crippen LogP contribution in [0.3, 0.4) is 0 Å². The Kier molecular flexibility index (Phi) is 4.13. The standard InChI is InChI=1S/C18H18N4OS/c23-18(22-17-16(13-4-5-13)24-11-21-17)20-9-7-12-3-6-15-14(10-12)2-1-8-19-15/h1-3,6,8,10-11,13H,4-5,7,9H2,(H2,20,22,23). The van der Waals surface area contributed by atoms with Gasteiger partial charge in [0.15, 0.2) is 0 Å². The Hall–Kier alpha value is -2.47. The largest absolute Gasteiger partial charge is 0.337 e. The Balaban J connectivity index is 1.31. The van der Waals surface area contributed by atoms with Crippen molar-refractivity contribution in [2.24, 2.45) is 0 Å². The number of benzene rings is 1. The highest BCUT2D eigenvalue weighted by Gasteiger charge is 2.28. The average Bonchev–Trinajstić information content (AvgIpc) is 3.34. The summed E-state index contributed by atoms with van der Waals surface area (Å²) in [5.74, 6) is 1.32. The first kappa shape index (κ1) is 15.1. The molecule has 2 heterocycles. The van der Waals surface area contributed by atoms with Gasteiger partial charge in [-0.05, 0) is 48.9 Å². The number of urea groups is 1. The predicted molar refractivity (Wildman–Crippen MR) is 96.6 cm³/mol. The van der Waals surface area contributed by atoms with Crippen molar-refractivity contribution in [3.05, 3.63) is 52.5 Å². The van der Waals surface area contributed by atoms with Gasteiger partial charge in [0.05, 0.1) is 15.9 Å². The lowest BCUT2D eigenvalue weighted by atomic mass is 10.1. The number of anilines is 1. The van der Waals surface area contributed by atoms with Gasteiger partial charge in [-0.3, -0.25) is 10.3 Å². The van der Waals surface area contributed by atoms with E-state index < -0.39 is 0 Å². The zero-order valence-corrected chi connectivity index (χ0v) is 14.0. The highest BCUT2D eigenvalue weighted by molar-refractivity contribution is 7.10. The second-order valence-corrected chi connectivity index (χ2v) is 6.89. The van der Waals surface area contributed by atoms with Crippen LogP contribution in [0.2, 0.25) is 0 Å². The molecule has 2 amide bonds. The second-order valence-electron chi connectivity index (χ2n) is 6.00. The van der Waals surface area contributed by atoms with E-state index in [4.69, 9.17) is 0 Å².